The summed E-state index contributed by atoms with van der Waals surface area (Å²) in [5, 5.41) is 0. The number of hydrogen-bond donors (Lipinski definition) is 0. The first kappa shape index (κ1) is 17.8. The van der Waals surface area contributed by atoms with E-state index in [1.165, 1.54) is 6.07 Å². The zero-order valence-corrected chi connectivity index (χ0v) is 12.7. The fourth-order valence-electron chi connectivity index (χ4n) is 1.18. The molecule has 0 aliphatic rings. The van der Waals surface area contributed by atoms with Crippen molar-refractivity contribution < 1.29 is 18.7 Å². The fourth-order valence-corrected chi connectivity index (χ4v) is 1.46. The molecule has 0 aliphatic carbocycles. The van der Waals surface area contributed by atoms with Crippen LogP contribution in [0.3, 0.4) is 0 Å². The van der Waals surface area contributed by atoms with Gasteiger partial charge in [-0.25, -0.2) is 4.39 Å². The molecule has 5 heteroatoms. The Balaban J connectivity index is 0.000000356. The lowest BCUT2D eigenvalue weighted by Gasteiger charge is -1.98. The van der Waals surface area contributed by atoms with E-state index < -0.39 is 5.97 Å². The highest BCUT2D eigenvalue weighted by Crippen LogP contribution is 2.12. The maximum absolute atomic E-state index is 12.3. The minimum Gasteiger partial charge on any atom is -0.466 e. The molecule has 1 aromatic carbocycles. The summed E-state index contributed by atoms with van der Waals surface area (Å²) in [6, 6.07) is 6.49. The Kier molecular flexibility index (Phi) is 9.98. The predicted octanol–water partition coefficient (Wildman–Crippen LogP) is 3.90. The first-order chi connectivity index (χ1) is 9.01. The number of carbonyl (C=O) groups is 2. The van der Waals surface area contributed by atoms with Gasteiger partial charge in [0.15, 0.2) is 0 Å². The highest BCUT2D eigenvalue weighted by Gasteiger charge is 2.08. The van der Waals surface area contributed by atoms with Gasteiger partial charge in [-0.05, 0) is 41.4 Å². The van der Waals surface area contributed by atoms with E-state index >= 15 is 0 Å². The van der Waals surface area contributed by atoms with Crippen molar-refractivity contribution in [2.45, 2.75) is 33.1 Å². The van der Waals surface area contributed by atoms with Crippen molar-refractivity contribution in [2.24, 2.45) is 0 Å². The summed E-state index contributed by atoms with van der Waals surface area (Å²) >= 11 is 3.02. The Bertz CT molecular complexity index is 370. The van der Waals surface area contributed by atoms with Gasteiger partial charge < -0.3 is 4.74 Å². The van der Waals surface area contributed by atoms with Crippen LogP contribution in [-0.2, 0) is 14.3 Å². The SMILES string of the molecule is CCCC(=O)CC(=O)OCC.Fc1ccccc1Br. The van der Waals surface area contributed by atoms with Crippen LogP contribution < -0.4 is 0 Å². The minimum absolute atomic E-state index is 0.0362. The van der Waals surface area contributed by atoms with Crippen LogP contribution in [0, 0.1) is 5.82 Å². The van der Waals surface area contributed by atoms with Crippen molar-refractivity contribution >= 4 is 27.7 Å². The van der Waals surface area contributed by atoms with Gasteiger partial charge in [-0.1, -0.05) is 19.1 Å². The summed E-state index contributed by atoms with van der Waals surface area (Å²) in [5.41, 5.74) is 0. The van der Waals surface area contributed by atoms with Gasteiger partial charge in [0.1, 0.15) is 18.0 Å². The molecule has 0 amide bonds. The van der Waals surface area contributed by atoms with Crippen molar-refractivity contribution in [3.8, 4) is 0 Å². The van der Waals surface area contributed by atoms with E-state index in [4.69, 9.17) is 0 Å². The Morgan fingerprint density at radius 3 is 2.32 bits per heavy atom. The van der Waals surface area contributed by atoms with Crippen LogP contribution in [-0.4, -0.2) is 18.4 Å². The van der Waals surface area contributed by atoms with Crippen LogP contribution in [0.2, 0.25) is 0 Å². The van der Waals surface area contributed by atoms with Crippen LogP contribution in [0.5, 0.6) is 0 Å². The topological polar surface area (TPSA) is 43.4 Å². The molecule has 19 heavy (non-hydrogen) atoms. The van der Waals surface area contributed by atoms with Crippen molar-refractivity contribution in [2.75, 3.05) is 6.61 Å². The van der Waals surface area contributed by atoms with E-state index in [9.17, 15) is 14.0 Å². The number of Topliss-reactive ketones (excluding diaryl/α,β-unsaturated/α-hetero) is 1. The number of rotatable bonds is 5. The zero-order valence-electron chi connectivity index (χ0n) is 11.1. The van der Waals surface area contributed by atoms with Crippen molar-refractivity contribution in [3.63, 3.8) is 0 Å². The highest BCUT2D eigenvalue weighted by atomic mass is 79.9. The van der Waals surface area contributed by atoms with Crippen LogP contribution in [0.4, 0.5) is 4.39 Å². The Morgan fingerprint density at radius 2 is 1.89 bits per heavy atom. The average molecular weight is 333 g/mol. The van der Waals surface area contributed by atoms with Gasteiger partial charge in [-0.3, -0.25) is 9.59 Å². The molecule has 0 radical (unpaired) electrons. The molecule has 0 N–H and O–H groups in total. The maximum Gasteiger partial charge on any atom is 0.313 e. The molecule has 0 spiro atoms. The van der Waals surface area contributed by atoms with Gasteiger partial charge in [-0.2, -0.15) is 0 Å². The first-order valence-corrected chi connectivity index (χ1v) is 6.87. The predicted molar refractivity (Wildman–Crippen MR) is 75.3 cm³/mol. The average Bonchev–Trinajstić information content (AvgIpc) is 2.34. The molecule has 0 aliphatic heterocycles. The molecule has 1 aromatic rings. The van der Waals surface area contributed by atoms with E-state index in [2.05, 4.69) is 20.7 Å². The Hall–Kier alpha value is -1.23. The highest BCUT2D eigenvalue weighted by molar-refractivity contribution is 9.10. The molecule has 106 valence electrons. The summed E-state index contributed by atoms with van der Waals surface area (Å²) in [7, 11) is 0. The first-order valence-electron chi connectivity index (χ1n) is 6.08. The second-order valence-electron chi connectivity index (χ2n) is 3.68. The zero-order chi connectivity index (χ0) is 14.7. The normalized spacial score (nSPS) is 9.26. The third-order valence-corrected chi connectivity index (χ3v) is 2.64. The van der Waals surface area contributed by atoms with Gasteiger partial charge in [0.2, 0.25) is 0 Å². The molecule has 0 saturated heterocycles. The van der Waals surface area contributed by atoms with Gasteiger partial charge in [0, 0.05) is 6.42 Å². The largest absolute Gasteiger partial charge is 0.466 e. The molecular weight excluding hydrogens is 315 g/mol. The number of ether oxygens (including phenoxy) is 1. The molecule has 0 atom stereocenters. The number of carbonyl (C=O) groups excluding carboxylic acids is 2. The molecule has 0 fully saturated rings. The summed E-state index contributed by atoms with van der Waals surface area (Å²) < 4.78 is 17.4. The minimum atomic E-state index is -0.411. The molecule has 3 nitrogen and oxygen atoms in total. The number of hydrogen-bond acceptors (Lipinski definition) is 3. The lowest BCUT2D eigenvalue weighted by atomic mass is 10.2. The van der Waals surface area contributed by atoms with Crippen molar-refractivity contribution in [1.82, 2.24) is 0 Å². The van der Waals surface area contributed by atoms with E-state index in [0.29, 0.717) is 17.5 Å². The second-order valence-corrected chi connectivity index (χ2v) is 4.54. The van der Waals surface area contributed by atoms with Crippen molar-refractivity contribution in [3.05, 3.63) is 34.6 Å². The summed E-state index contributed by atoms with van der Waals surface area (Å²) in [6.07, 6.45) is 1.19. The Morgan fingerprint density at radius 1 is 1.26 bits per heavy atom. The number of benzene rings is 1. The van der Waals surface area contributed by atoms with E-state index in [-0.39, 0.29) is 18.0 Å². The van der Waals surface area contributed by atoms with Crippen LogP contribution >= 0.6 is 15.9 Å². The standard InChI is InChI=1S/C8H14O3.C6H4BrF/c1-3-5-7(9)6-8(10)11-4-2;7-5-3-1-2-4-6(5)8/h3-6H2,1-2H3;1-4H. The number of ketones is 1. The van der Waals surface area contributed by atoms with E-state index in [1.807, 2.05) is 6.92 Å². The van der Waals surface area contributed by atoms with Crippen LogP contribution in [0.15, 0.2) is 28.7 Å². The molecule has 0 unspecified atom stereocenters. The second kappa shape index (κ2) is 10.7. The Labute approximate surface area is 121 Å². The van der Waals surface area contributed by atoms with Gasteiger partial charge in [0.05, 0.1) is 11.1 Å². The molecular formula is C14H18BrFO3. The smallest absolute Gasteiger partial charge is 0.313 e. The van der Waals surface area contributed by atoms with Crippen molar-refractivity contribution in [1.29, 1.82) is 0 Å². The lowest BCUT2D eigenvalue weighted by molar-refractivity contribution is -0.145. The fraction of sp³-hybridized carbons (Fsp3) is 0.429. The van der Waals surface area contributed by atoms with Crippen LogP contribution in [0.25, 0.3) is 0 Å². The maximum atomic E-state index is 12.3. The summed E-state index contributed by atoms with van der Waals surface area (Å²) in [5.74, 6) is -0.663. The van der Waals surface area contributed by atoms with Gasteiger partial charge in [-0.15, -0.1) is 0 Å². The number of esters is 1. The summed E-state index contributed by atoms with van der Waals surface area (Å²) in [4.78, 5) is 21.5. The molecule has 0 bridgehead atoms. The monoisotopic (exact) mass is 332 g/mol. The van der Waals surface area contributed by atoms with E-state index in [1.54, 1.807) is 25.1 Å². The summed E-state index contributed by atoms with van der Waals surface area (Å²) in [6.45, 7) is 3.98. The third kappa shape index (κ3) is 9.36. The number of halogens is 2. The van der Waals surface area contributed by atoms with Crippen LogP contribution in [0.1, 0.15) is 33.1 Å². The van der Waals surface area contributed by atoms with Gasteiger partial charge >= 0.3 is 5.97 Å². The molecule has 1 rings (SSSR count). The lowest BCUT2D eigenvalue weighted by Crippen LogP contribution is -2.10. The quantitative estimate of drug-likeness (QED) is 0.606. The molecule has 0 aromatic heterocycles. The molecule has 0 saturated carbocycles. The van der Waals surface area contributed by atoms with E-state index in [0.717, 1.165) is 6.42 Å². The molecule has 0 heterocycles. The van der Waals surface area contributed by atoms with Gasteiger partial charge in [0.25, 0.3) is 0 Å². The third-order valence-electron chi connectivity index (χ3n) is 2.00.